The molecule has 0 aromatic heterocycles. The molecule has 0 amide bonds. The number of rotatable bonds is 4. The third kappa shape index (κ3) is 3.14. The zero-order valence-corrected chi connectivity index (χ0v) is 11.8. The SMILES string of the molecule is CS(=O)(=O)c1cc([N+](=O)[O-])ccc1C(=O)c1ccccc1. The van der Waals surface area contributed by atoms with E-state index in [-0.39, 0.29) is 16.1 Å². The Morgan fingerprint density at radius 3 is 2.24 bits per heavy atom. The summed E-state index contributed by atoms with van der Waals surface area (Å²) in [5, 5.41) is 10.8. The number of hydrogen-bond donors (Lipinski definition) is 0. The normalized spacial score (nSPS) is 11.1. The molecule has 108 valence electrons. The van der Waals surface area contributed by atoms with Gasteiger partial charge in [0.1, 0.15) is 0 Å². The van der Waals surface area contributed by atoms with E-state index in [4.69, 9.17) is 0 Å². The zero-order chi connectivity index (χ0) is 15.6. The maximum atomic E-state index is 12.4. The van der Waals surface area contributed by atoms with Gasteiger partial charge < -0.3 is 0 Å². The molecule has 2 aromatic carbocycles. The lowest BCUT2D eigenvalue weighted by molar-refractivity contribution is -0.385. The van der Waals surface area contributed by atoms with E-state index in [1.54, 1.807) is 30.3 Å². The summed E-state index contributed by atoms with van der Waals surface area (Å²) in [5.74, 6) is -0.495. The molecule has 0 bridgehead atoms. The molecule has 0 radical (unpaired) electrons. The van der Waals surface area contributed by atoms with Gasteiger partial charge in [-0.1, -0.05) is 30.3 Å². The van der Waals surface area contributed by atoms with Gasteiger partial charge >= 0.3 is 0 Å². The van der Waals surface area contributed by atoms with E-state index >= 15 is 0 Å². The second kappa shape index (κ2) is 5.45. The van der Waals surface area contributed by atoms with Crippen molar-refractivity contribution in [2.24, 2.45) is 0 Å². The minimum Gasteiger partial charge on any atom is -0.289 e. The van der Waals surface area contributed by atoms with Crippen LogP contribution < -0.4 is 0 Å². The molecule has 0 saturated carbocycles. The van der Waals surface area contributed by atoms with Crippen LogP contribution in [-0.2, 0) is 9.84 Å². The molecule has 0 aliphatic rings. The zero-order valence-electron chi connectivity index (χ0n) is 11.0. The summed E-state index contributed by atoms with van der Waals surface area (Å²) in [7, 11) is -3.77. The fourth-order valence-electron chi connectivity index (χ4n) is 1.86. The highest BCUT2D eigenvalue weighted by atomic mass is 32.2. The summed E-state index contributed by atoms with van der Waals surface area (Å²) in [6.45, 7) is 0. The average molecular weight is 305 g/mol. The topological polar surface area (TPSA) is 94.3 Å². The van der Waals surface area contributed by atoms with Crippen LogP contribution in [0.25, 0.3) is 0 Å². The van der Waals surface area contributed by atoms with Gasteiger partial charge in [0.2, 0.25) is 0 Å². The largest absolute Gasteiger partial charge is 0.289 e. The molecule has 6 nitrogen and oxygen atoms in total. The fraction of sp³-hybridized carbons (Fsp3) is 0.0714. The lowest BCUT2D eigenvalue weighted by atomic mass is 10.0. The van der Waals surface area contributed by atoms with E-state index < -0.39 is 20.5 Å². The van der Waals surface area contributed by atoms with Gasteiger partial charge in [0, 0.05) is 29.5 Å². The van der Waals surface area contributed by atoms with Crippen LogP contribution in [0.15, 0.2) is 53.4 Å². The van der Waals surface area contributed by atoms with Crippen LogP contribution in [0, 0.1) is 10.1 Å². The van der Waals surface area contributed by atoms with Gasteiger partial charge in [-0.3, -0.25) is 14.9 Å². The molecule has 0 aliphatic carbocycles. The number of benzene rings is 2. The van der Waals surface area contributed by atoms with Gasteiger partial charge in [0.15, 0.2) is 15.6 Å². The molecule has 0 heterocycles. The van der Waals surface area contributed by atoms with E-state index in [1.165, 1.54) is 6.07 Å². The first-order valence-corrected chi connectivity index (χ1v) is 7.78. The van der Waals surface area contributed by atoms with Gasteiger partial charge in [0.25, 0.3) is 5.69 Å². The Kier molecular flexibility index (Phi) is 3.86. The number of nitro benzene ring substituents is 1. The summed E-state index contributed by atoms with van der Waals surface area (Å²) in [6.07, 6.45) is 0.911. The van der Waals surface area contributed by atoms with E-state index in [0.717, 1.165) is 18.4 Å². The Morgan fingerprint density at radius 2 is 1.71 bits per heavy atom. The van der Waals surface area contributed by atoms with Crippen molar-refractivity contribution in [2.75, 3.05) is 6.26 Å². The number of sulfone groups is 1. The Balaban J connectivity index is 2.64. The Labute approximate surface area is 121 Å². The van der Waals surface area contributed by atoms with Gasteiger partial charge in [-0.05, 0) is 6.07 Å². The van der Waals surface area contributed by atoms with Crippen LogP contribution >= 0.6 is 0 Å². The van der Waals surface area contributed by atoms with Crippen molar-refractivity contribution < 1.29 is 18.1 Å². The number of ketones is 1. The predicted octanol–water partition coefficient (Wildman–Crippen LogP) is 2.23. The highest BCUT2D eigenvalue weighted by Gasteiger charge is 2.23. The smallest absolute Gasteiger partial charge is 0.270 e. The molecule has 0 atom stereocenters. The van der Waals surface area contributed by atoms with E-state index in [9.17, 15) is 23.3 Å². The summed E-state index contributed by atoms with van der Waals surface area (Å²) < 4.78 is 23.6. The van der Waals surface area contributed by atoms with Crippen molar-refractivity contribution in [2.45, 2.75) is 4.90 Å². The molecule has 0 saturated heterocycles. The Bertz CT molecular complexity index is 813. The van der Waals surface area contributed by atoms with Crippen LogP contribution in [0.1, 0.15) is 15.9 Å². The Morgan fingerprint density at radius 1 is 1.10 bits per heavy atom. The van der Waals surface area contributed by atoms with Crippen LogP contribution in [0.4, 0.5) is 5.69 Å². The number of nitro groups is 1. The number of non-ortho nitro benzene ring substituents is 1. The monoisotopic (exact) mass is 305 g/mol. The Hall–Kier alpha value is -2.54. The van der Waals surface area contributed by atoms with Crippen molar-refractivity contribution in [1.29, 1.82) is 0 Å². The molecule has 0 N–H and O–H groups in total. The van der Waals surface area contributed by atoms with Crippen LogP contribution in [0.2, 0.25) is 0 Å². The molecule has 21 heavy (non-hydrogen) atoms. The first-order chi connectivity index (χ1) is 9.80. The highest BCUT2D eigenvalue weighted by molar-refractivity contribution is 7.90. The molecular weight excluding hydrogens is 294 g/mol. The summed E-state index contributed by atoms with van der Waals surface area (Å²) >= 11 is 0. The van der Waals surface area contributed by atoms with Crippen LogP contribution in [0.5, 0.6) is 0 Å². The van der Waals surface area contributed by atoms with Gasteiger partial charge in [-0.2, -0.15) is 0 Å². The first kappa shape index (κ1) is 14.9. The molecule has 7 heteroatoms. The maximum Gasteiger partial charge on any atom is 0.270 e. The minimum atomic E-state index is -3.77. The molecule has 0 fully saturated rings. The van der Waals surface area contributed by atoms with Crippen LogP contribution in [0.3, 0.4) is 0 Å². The van der Waals surface area contributed by atoms with Crippen molar-refractivity contribution in [3.8, 4) is 0 Å². The molecule has 2 aromatic rings. The van der Waals surface area contributed by atoms with E-state index in [1.807, 2.05) is 0 Å². The second-order valence-electron chi connectivity index (χ2n) is 4.40. The summed E-state index contributed by atoms with van der Waals surface area (Å²) in [6, 6.07) is 11.3. The van der Waals surface area contributed by atoms with Crippen molar-refractivity contribution in [3.05, 3.63) is 69.8 Å². The molecule has 2 rings (SSSR count). The lowest BCUT2D eigenvalue weighted by Crippen LogP contribution is -2.10. The van der Waals surface area contributed by atoms with E-state index in [0.29, 0.717) is 5.56 Å². The first-order valence-electron chi connectivity index (χ1n) is 5.89. The molecule has 0 aliphatic heterocycles. The standard InChI is InChI=1S/C14H11NO5S/c1-21(19,20)13-9-11(15(17)18)7-8-12(13)14(16)10-5-3-2-4-6-10/h2-9H,1H3. The highest BCUT2D eigenvalue weighted by Crippen LogP contribution is 2.24. The number of hydrogen-bond acceptors (Lipinski definition) is 5. The van der Waals surface area contributed by atoms with E-state index in [2.05, 4.69) is 0 Å². The predicted molar refractivity (Wildman–Crippen MR) is 76.1 cm³/mol. The summed E-state index contributed by atoms with van der Waals surface area (Å²) in [5.41, 5.74) is -0.134. The van der Waals surface area contributed by atoms with Crippen molar-refractivity contribution in [3.63, 3.8) is 0 Å². The number of carbonyl (C=O) groups is 1. The molecule has 0 unspecified atom stereocenters. The van der Waals surface area contributed by atoms with Crippen molar-refractivity contribution in [1.82, 2.24) is 0 Å². The lowest BCUT2D eigenvalue weighted by Gasteiger charge is -2.07. The minimum absolute atomic E-state index is 0.0747. The quantitative estimate of drug-likeness (QED) is 0.490. The van der Waals surface area contributed by atoms with Crippen LogP contribution in [-0.4, -0.2) is 25.4 Å². The maximum absolute atomic E-state index is 12.4. The summed E-state index contributed by atoms with van der Waals surface area (Å²) in [4.78, 5) is 22.1. The van der Waals surface area contributed by atoms with Gasteiger partial charge in [-0.25, -0.2) is 8.42 Å². The molecular formula is C14H11NO5S. The van der Waals surface area contributed by atoms with Gasteiger partial charge in [-0.15, -0.1) is 0 Å². The molecule has 0 spiro atoms. The van der Waals surface area contributed by atoms with Gasteiger partial charge in [0.05, 0.1) is 9.82 Å². The fourth-order valence-corrected chi connectivity index (χ4v) is 2.76. The second-order valence-corrected chi connectivity index (χ2v) is 6.39. The van der Waals surface area contributed by atoms with Crippen molar-refractivity contribution >= 4 is 21.3 Å². The third-order valence-electron chi connectivity index (χ3n) is 2.86. The number of nitrogens with zero attached hydrogens (tertiary/aromatic N) is 1. The third-order valence-corrected chi connectivity index (χ3v) is 3.99. The average Bonchev–Trinajstić information content (AvgIpc) is 2.46. The number of carbonyl (C=O) groups excluding carboxylic acids is 1.